The van der Waals surface area contributed by atoms with E-state index in [4.69, 9.17) is 11.6 Å². The Balaban J connectivity index is 2.56. The van der Waals surface area contributed by atoms with Crippen molar-refractivity contribution < 1.29 is 9.59 Å². The van der Waals surface area contributed by atoms with Gasteiger partial charge < -0.3 is 15.5 Å². The second-order valence-corrected chi connectivity index (χ2v) is 5.00. The summed E-state index contributed by atoms with van der Waals surface area (Å²) in [6.07, 6.45) is 0. The predicted octanol–water partition coefficient (Wildman–Crippen LogP) is 1.14. The molecule has 0 spiro atoms. The molecule has 0 radical (unpaired) electrons. The second kappa shape index (κ2) is 7.87. The molecule has 0 bridgehead atoms. The molecule has 0 saturated heterocycles. The maximum absolute atomic E-state index is 12.0. The first-order valence-electron chi connectivity index (χ1n) is 6.41. The SMILES string of the molecule is CNCCN(C)C(=O)C(C)NC(=O)c1ccc(Cl)cc1. The Labute approximate surface area is 124 Å². The smallest absolute Gasteiger partial charge is 0.251 e. The fraction of sp³-hybridized carbons (Fsp3) is 0.429. The summed E-state index contributed by atoms with van der Waals surface area (Å²) in [6, 6.07) is 5.96. The summed E-state index contributed by atoms with van der Waals surface area (Å²) in [6.45, 7) is 2.97. The third kappa shape index (κ3) is 4.83. The predicted molar refractivity (Wildman–Crippen MR) is 79.9 cm³/mol. The zero-order valence-corrected chi connectivity index (χ0v) is 12.7. The summed E-state index contributed by atoms with van der Waals surface area (Å²) in [5.41, 5.74) is 0.479. The largest absolute Gasteiger partial charge is 0.343 e. The lowest BCUT2D eigenvalue weighted by Gasteiger charge is -2.22. The topological polar surface area (TPSA) is 61.4 Å². The Morgan fingerprint density at radius 1 is 1.30 bits per heavy atom. The van der Waals surface area contributed by atoms with Crippen LogP contribution < -0.4 is 10.6 Å². The van der Waals surface area contributed by atoms with E-state index in [0.717, 1.165) is 0 Å². The summed E-state index contributed by atoms with van der Waals surface area (Å²) in [5.74, 6) is -0.410. The number of carbonyl (C=O) groups is 2. The van der Waals surface area contributed by atoms with Crippen LogP contribution >= 0.6 is 11.6 Å². The molecule has 20 heavy (non-hydrogen) atoms. The molecule has 2 amide bonds. The molecule has 0 aromatic heterocycles. The first kappa shape index (κ1) is 16.5. The van der Waals surface area contributed by atoms with E-state index in [0.29, 0.717) is 23.7 Å². The van der Waals surface area contributed by atoms with Gasteiger partial charge in [0.05, 0.1) is 0 Å². The number of nitrogens with zero attached hydrogens (tertiary/aromatic N) is 1. The summed E-state index contributed by atoms with van der Waals surface area (Å²) in [4.78, 5) is 25.6. The molecule has 1 unspecified atom stereocenters. The van der Waals surface area contributed by atoms with Crippen LogP contribution in [0.2, 0.25) is 5.02 Å². The van der Waals surface area contributed by atoms with Crippen LogP contribution in [0.4, 0.5) is 0 Å². The molecule has 5 nitrogen and oxygen atoms in total. The van der Waals surface area contributed by atoms with E-state index in [2.05, 4.69) is 10.6 Å². The van der Waals surface area contributed by atoms with E-state index in [9.17, 15) is 9.59 Å². The number of carbonyl (C=O) groups excluding carboxylic acids is 2. The van der Waals surface area contributed by atoms with Gasteiger partial charge in [-0.15, -0.1) is 0 Å². The van der Waals surface area contributed by atoms with E-state index in [1.807, 2.05) is 7.05 Å². The monoisotopic (exact) mass is 297 g/mol. The highest BCUT2D eigenvalue weighted by Crippen LogP contribution is 2.09. The van der Waals surface area contributed by atoms with Gasteiger partial charge >= 0.3 is 0 Å². The molecule has 1 aromatic rings. The van der Waals surface area contributed by atoms with Crippen molar-refractivity contribution in [3.8, 4) is 0 Å². The van der Waals surface area contributed by atoms with Gasteiger partial charge in [0.1, 0.15) is 6.04 Å². The van der Waals surface area contributed by atoms with Crippen molar-refractivity contribution in [3.05, 3.63) is 34.9 Å². The number of nitrogens with one attached hydrogen (secondary N) is 2. The normalized spacial score (nSPS) is 11.8. The zero-order valence-electron chi connectivity index (χ0n) is 11.9. The maximum Gasteiger partial charge on any atom is 0.251 e. The molecule has 2 N–H and O–H groups in total. The fourth-order valence-electron chi connectivity index (χ4n) is 1.66. The third-order valence-electron chi connectivity index (χ3n) is 2.90. The molecule has 1 aromatic carbocycles. The Hall–Kier alpha value is -1.59. The van der Waals surface area contributed by atoms with Crippen molar-refractivity contribution in [2.75, 3.05) is 27.2 Å². The van der Waals surface area contributed by atoms with Crippen molar-refractivity contribution in [3.63, 3.8) is 0 Å². The van der Waals surface area contributed by atoms with Crippen LogP contribution in [0.3, 0.4) is 0 Å². The van der Waals surface area contributed by atoms with Gasteiger partial charge in [0, 0.05) is 30.7 Å². The van der Waals surface area contributed by atoms with Gasteiger partial charge in [-0.3, -0.25) is 9.59 Å². The minimum atomic E-state index is -0.569. The third-order valence-corrected chi connectivity index (χ3v) is 3.15. The van der Waals surface area contributed by atoms with Gasteiger partial charge in [-0.25, -0.2) is 0 Å². The molecule has 0 aliphatic carbocycles. The Morgan fingerprint density at radius 2 is 1.90 bits per heavy atom. The van der Waals surface area contributed by atoms with Crippen LogP contribution in [0.15, 0.2) is 24.3 Å². The average molecular weight is 298 g/mol. The van der Waals surface area contributed by atoms with Gasteiger partial charge in [0.25, 0.3) is 5.91 Å². The van der Waals surface area contributed by atoms with Gasteiger partial charge in [-0.2, -0.15) is 0 Å². The Morgan fingerprint density at radius 3 is 2.45 bits per heavy atom. The van der Waals surface area contributed by atoms with E-state index >= 15 is 0 Å². The van der Waals surface area contributed by atoms with Gasteiger partial charge in [-0.05, 0) is 38.2 Å². The Bertz CT molecular complexity index is 462. The zero-order chi connectivity index (χ0) is 15.1. The molecule has 0 aliphatic heterocycles. The number of amides is 2. The first-order valence-corrected chi connectivity index (χ1v) is 6.79. The van der Waals surface area contributed by atoms with Crippen molar-refractivity contribution >= 4 is 23.4 Å². The highest BCUT2D eigenvalue weighted by Gasteiger charge is 2.19. The molecule has 0 saturated carbocycles. The van der Waals surface area contributed by atoms with Gasteiger partial charge in [-0.1, -0.05) is 11.6 Å². The molecular formula is C14H20ClN3O2. The van der Waals surface area contributed by atoms with Crippen molar-refractivity contribution in [1.82, 2.24) is 15.5 Å². The highest BCUT2D eigenvalue weighted by molar-refractivity contribution is 6.30. The molecule has 1 atom stereocenters. The van der Waals surface area contributed by atoms with Gasteiger partial charge in [0.2, 0.25) is 5.91 Å². The standard InChI is InChI=1S/C14H20ClN3O2/c1-10(14(20)18(3)9-8-16-2)17-13(19)11-4-6-12(15)7-5-11/h4-7,10,16H,8-9H2,1-3H3,(H,17,19). The molecule has 1 rings (SSSR count). The Kier molecular flexibility index (Phi) is 6.48. The number of rotatable bonds is 6. The molecule has 6 heteroatoms. The van der Waals surface area contributed by atoms with E-state index in [1.54, 1.807) is 43.1 Å². The van der Waals surface area contributed by atoms with E-state index in [1.165, 1.54) is 0 Å². The first-order chi connectivity index (χ1) is 9.45. The highest BCUT2D eigenvalue weighted by atomic mass is 35.5. The number of hydrogen-bond acceptors (Lipinski definition) is 3. The molecular weight excluding hydrogens is 278 g/mol. The number of hydrogen-bond donors (Lipinski definition) is 2. The summed E-state index contributed by atoms with van der Waals surface area (Å²) in [7, 11) is 3.54. The van der Waals surface area contributed by atoms with Gasteiger partial charge in [0.15, 0.2) is 0 Å². The quantitative estimate of drug-likeness (QED) is 0.828. The minimum absolute atomic E-state index is 0.123. The van der Waals surface area contributed by atoms with Crippen molar-refractivity contribution in [2.45, 2.75) is 13.0 Å². The lowest BCUT2D eigenvalue weighted by molar-refractivity contribution is -0.131. The number of likely N-dealkylation sites (N-methyl/N-ethyl adjacent to an activating group) is 2. The number of halogens is 1. The minimum Gasteiger partial charge on any atom is -0.343 e. The summed E-state index contributed by atoms with van der Waals surface area (Å²) in [5, 5.41) is 6.22. The van der Waals surface area contributed by atoms with E-state index in [-0.39, 0.29) is 11.8 Å². The second-order valence-electron chi connectivity index (χ2n) is 4.57. The molecule has 0 heterocycles. The van der Waals surface area contributed by atoms with Crippen molar-refractivity contribution in [2.24, 2.45) is 0 Å². The summed E-state index contributed by atoms with van der Waals surface area (Å²) >= 11 is 5.76. The summed E-state index contributed by atoms with van der Waals surface area (Å²) < 4.78 is 0. The lowest BCUT2D eigenvalue weighted by Crippen LogP contribution is -2.46. The lowest BCUT2D eigenvalue weighted by atomic mass is 10.2. The number of benzene rings is 1. The van der Waals surface area contributed by atoms with Crippen LogP contribution in [0.5, 0.6) is 0 Å². The van der Waals surface area contributed by atoms with Crippen LogP contribution in [-0.4, -0.2) is 49.9 Å². The maximum atomic E-state index is 12.0. The molecule has 0 aliphatic rings. The molecule has 0 fully saturated rings. The van der Waals surface area contributed by atoms with Crippen LogP contribution in [0, 0.1) is 0 Å². The fourth-order valence-corrected chi connectivity index (χ4v) is 1.79. The van der Waals surface area contributed by atoms with Crippen LogP contribution in [-0.2, 0) is 4.79 Å². The van der Waals surface area contributed by atoms with Crippen molar-refractivity contribution in [1.29, 1.82) is 0 Å². The molecule has 110 valence electrons. The average Bonchev–Trinajstić information content (AvgIpc) is 2.44. The van der Waals surface area contributed by atoms with Crippen LogP contribution in [0.1, 0.15) is 17.3 Å². The van der Waals surface area contributed by atoms with Crippen LogP contribution in [0.25, 0.3) is 0 Å². The van der Waals surface area contributed by atoms with E-state index < -0.39 is 6.04 Å².